The van der Waals surface area contributed by atoms with Crippen LogP contribution >= 0.6 is 138 Å². The molecule has 0 spiro atoms. The Morgan fingerprint density at radius 2 is 1.17 bits per heavy atom. The molecule has 0 aliphatic carbocycles. The highest BCUT2D eigenvalue weighted by Gasteiger charge is 2.13. The summed E-state index contributed by atoms with van der Waals surface area (Å²) in [6, 6.07) is 6.59. The fourth-order valence-corrected chi connectivity index (χ4v) is 6.68. The number of alkyl halides is 1. The second-order valence-electron chi connectivity index (χ2n) is 8.42. The van der Waals surface area contributed by atoms with Crippen LogP contribution in [0.1, 0.15) is 35.4 Å². The lowest BCUT2D eigenvalue weighted by Gasteiger charge is -2.22. The molecular weight excluding hydrogens is 864 g/mol. The Morgan fingerprint density at radius 3 is 1.56 bits per heavy atom. The fourth-order valence-electron chi connectivity index (χ4n) is 2.87. The number of pyridine rings is 2. The first-order chi connectivity index (χ1) is 22.9. The highest BCUT2D eigenvalue weighted by Crippen LogP contribution is 2.28. The van der Waals surface area contributed by atoms with E-state index in [9.17, 15) is 0 Å². The predicted molar refractivity (Wildman–Crippen MR) is 213 cm³/mol. The average molecular weight is 895 g/mol. The molecule has 0 bridgehead atoms. The van der Waals surface area contributed by atoms with Gasteiger partial charge < -0.3 is 16.0 Å². The highest BCUT2D eigenvalue weighted by molar-refractivity contribution is 7.16. The number of hydrogen-bond donors (Lipinski definition) is 2. The van der Waals surface area contributed by atoms with E-state index in [2.05, 4.69) is 37.2 Å². The number of hydrogen-bond acceptors (Lipinski definition) is 11. The molecule has 3 N–H and O–H groups in total. The first-order valence-electron chi connectivity index (χ1n) is 13.7. The van der Waals surface area contributed by atoms with E-state index in [0.717, 1.165) is 35.9 Å². The van der Waals surface area contributed by atoms with Gasteiger partial charge in [-0.15, -0.1) is 45.6 Å². The first-order valence-corrected chi connectivity index (χ1v) is 19.7. The fraction of sp³-hybridized carbons (Fsp3) is 0.321. The molecule has 5 heterocycles. The van der Waals surface area contributed by atoms with Crippen LogP contribution in [0.3, 0.4) is 0 Å². The van der Waals surface area contributed by atoms with Crippen molar-refractivity contribution in [3.63, 3.8) is 0 Å². The van der Waals surface area contributed by atoms with Crippen LogP contribution in [-0.4, -0.2) is 44.6 Å². The first kappa shape index (κ1) is 45.5. The molecule has 20 heteroatoms. The van der Waals surface area contributed by atoms with Crippen molar-refractivity contribution in [2.75, 3.05) is 24.5 Å². The maximum Gasteiger partial charge on any atom is 0.183 e. The number of nitrogens with one attached hydrogen (secondary N) is 1. The van der Waals surface area contributed by atoms with Gasteiger partial charge in [-0.25, -0.2) is 24.9 Å². The van der Waals surface area contributed by atoms with E-state index >= 15 is 0 Å². The number of rotatable bonds is 8. The zero-order valence-corrected chi connectivity index (χ0v) is 34.9. The Kier molecular flexibility index (Phi) is 25.0. The van der Waals surface area contributed by atoms with Crippen LogP contribution in [0.25, 0.3) is 0 Å². The lowest BCUT2D eigenvalue weighted by Crippen LogP contribution is -2.23. The van der Waals surface area contributed by atoms with Crippen molar-refractivity contribution in [3.05, 3.63) is 96.4 Å². The summed E-state index contributed by atoms with van der Waals surface area (Å²) >= 11 is 55.3. The normalized spacial score (nSPS) is 9.94. The van der Waals surface area contributed by atoms with E-state index in [4.69, 9.17) is 110 Å². The summed E-state index contributed by atoms with van der Waals surface area (Å²) < 4.78 is 1.71. The third-order valence-electron chi connectivity index (χ3n) is 4.85. The van der Waals surface area contributed by atoms with Crippen molar-refractivity contribution in [1.29, 1.82) is 0 Å². The molecular formula is C28H31Cl9N8S3. The molecule has 0 aromatic carbocycles. The highest BCUT2D eigenvalue weighted by atomic mass is 35.5. The van der Waals surface area contributed by atoms with Gasteiger partial charge in [0.25, 0.3) is 0 Å². The summed E-state index contributed by atoms with van der Waals surface area (Å²) in [7, 11) is 0. The van der Waals surface area contributed by atoms with Gasteiger partial charge in [-0.05, 0) is 44.3 Å². The van der Waals surface area contributed by atoms with Gasteiger partial charge in [-0.2, -0.15) is 0 Å². The Balaban J connectivity index is 0.000000329. The molecule has 5 rings (SSSR count). The summed E-state index contributed by atoms with van der Waals surface area (Å²) in [5, 5.41) is 5.21. The average Bonchev–Trinajstić information content (AvgIpc) is 3.80. The summed E-state index contributed by atoms with van der Waals surface area (Å²) in [4.78, 5) is 24.9. The van der Waals surface area contributed by atoms with E-state index < -0.39 is 0 Å². The van der Waals surface area contributed by atoms with Crippen molar-refractivity contribution in [2.24, 2.45) is 5.73 Å². The van der Waals surface area contributed by atoms with Crippen LogP contribution < -0.4 is 16.0 Å². The van der Waals surface area contributed by atoms with Crippen molar-refractivity contribution in [3.8, 4) is 0 Å². The molecule has 0 atom stereocenters. The monoisotopic (exact) mass is 890 g/mol. The zero-order valence-electron chi connectivity index (χ0n) is 25.7. The van der Waals surface area contributed by atoms with Crippen molar-refractivity contribution in [2.45, 2.75) is 39.7 Å². The van der Waals surface area contributed by atoms with Gasteiger partial charge in [0.1, 0.15) is 21.3 Å². The van der Waals surface area contributed by atoms with Gasteiger partial charge in [-0.3, -0.25) is 0 Å². The van der Waals surface area contributed by atoms with Crippen LogP contribution in [0.4, 0.5) is 5.82 Å². The topological polar surface area (TPSA) is 106 Å². The number of nitrogens with two attached hydrogens (primary N) is 1. The van der Waals surface area contributed by atoms with E-state index in [-0.39, 0.29) is 5.15 Å². The Morgan fingerprint density at radius 1 is 0.688 bits per heavy atom. The van der Waals surface area contributed by atoms with E-state index in [0.29, 0.717) is 52.0 Å². The molecule has 0 aliphatic heterocycles. The van der Waals surface area contributed by atoms with Crippen LogP contribution in [0.15, 0.2) is 42.9 Å². The van der Waals surface area contributed by atoms with Gasteiger partial charge in [0.05, 0.1) is 22.5 Å². The van der Waals surface area contributed by atoms with Gasteiger partial charge in [0, 0.05) is 46.3 Å². The summed E-state index contributed by atoms with van der Waals surface area (Å²) in [6.45, 7) is 10.0. The zero-order chi connectivity index (χ0) is 36.1. The molecule has 0 amide bonds. The van der Waals surface area contributed by atoms with Crippen molar-refractivity contribution >= 4 is 144 Å². The molecule has 8 nitrogen and oxygen atoms in total. The van der Waals surface area contributed by atoms with Crippen molar-refractivity contribution < 1.29 is 0 Å². The van der Waals surface area contributed by atoms with Gasteiger partial charge in [-0.1, -0.05) is 107 Å². The Hall–Kier alpha value is -0.480. The van der Waals surface area contributed by atoms with Crippen LogP contribution in [-0.2, 0) is 19.0 Å². The van der Waals surface area contributed by atoms with Crippen LogP contribution in [0.2, 0.25) is 38.9 Å². The smallest absolute Gasteiger partial charge is 0.183 e. The molecule has 48 heavy (non-hydrogen) atoms. The number of nitrogens with zero attached hydrogens (tertiary/aromatic N) is 6. The number of thiazole rings is 3. The summed E-state index contributed by atoms with van der Waals surface area (Å²) in [6.07, 6.45) is 5.24. The third kappa shape index (κ3) is 19.2. The van der Waals surface area contributed by atoms with E-state index in [1.807, 2.05) is 18.7 Å². The lowest BCUT2D eigenvalue weighted by atomic mass is 10.4. The Bertz CT molecular complexity index is 1600. The minimum absolute atomic E-state index is 0.240. The SMILES string of the molecule is CCN.CCN(Cc1cnc(Cl)s1)c1nc(Cl)ccc1Cl.CCNCc1cnc(Cl)s1.ClCc1cnc(Cl)s1.Clc1ccc(Cl)c(Cl)n1. The number of aromatic nitrogens is 5. The van der Waals surface area contributed by atoms with E-state index in [1.54, 1.807) is 42.9 Å². The third-order valence-corrected chi connectivity index (χ3v) is 10.0. The molecule has 0 unspecified atom stereocenters. The molecule has 0 saturated carbocycles. The molecule has 264 valence electrons. The van der Waals surface area contributed by atoms with Crippen molar-refractivity contribution in [1.82, 2.24) is 30.2 Å². The molecule has 0 saturated heterocycles. The maximum atomic E-state index is 6.14. The van der Waals surface area contributed by atoms with Gasteiger partial charge in [0.2, 0.25) is 0 Å². The molecule has 0 fully saturated rings. The molecule has 0 radical (unpaired) electrons. The minimum Gasteiger partial charge on any atom is -0.350 e. The van der Waals surface area contributed by atoms with Crippen LogP contribution in [0, 0.1) is 0 Å². The second kappa shape index (κ2) is 26.3. The van der Waals surface area contributed by atoms with Gasteiger partial charge in [0.15, 0.2) is 13.4 Å². The Labute approximate surface area is 337 Å². The molecule has 0 aliphatic rings. The largest absolute Gasteiger partial charge is 0.350 e. The lowest BCUT2D eigenvalue weighted by molar-refractivity contribution is 0.734. The summed E-state index contributed by atoms with van der Waals surface area (Å²) in [5.41, 5.74) is 4.85. The minimum atomic E-state index is 0.240. The molecule has 5 aromatic rings. The predicted octanol–water partition coefficient (Wildman–Crippen LogP) is 12.0. The molecule has 5 aromatic heterocycles. The van der Waals surface area contributed by atoms with E-state index in [1.165, 1.54) is 38.9 Å². The van der Waals surface area contributed by atoms with Crippen LogP contribution in [0.5, 0.6) is 0 Å². The standard InChI is InChI=1S/C11H10Cl3N3S.C6H9ClN2S.C5H2Cl3N.C4H3Cl2NS.C2H7N/c1-2-17(6-7-5-15-11(14)18-7)10-8(12)3-4-9(13)16-10;1-2-8-3-5-4-9-6(7)10-5;6-3-1-2-4(7)9-5(3)8;5-1-3-2-7-4(6)8-3;1-2-3/h3-5H,2,6H2,1H3;4,8H,2-3H2,1H3;1-2H;2H,1H2;2-3H2,1H3. The number of halogens is 9. The van der Waals surface area contributed by atoms with Gasteiger partial charge >= 0.3 is 0 Å². The second-order valence-corrected chi connectivity index (χ2v) is 15.7. The quantitative estimate of drug-likeness (QED) is 0.117. The maximum absolute atomic E-state index is 6.14. The number of anilines is 1. The summed E-state index contributed by atoms with van der Waals surface area (Å²) in [5.74, 6) is 1.18.